The van der Waals surface area contributed by atoms with E-state index in [9.17, 15) is 4.79 Å². The lowest BCUT2D eigenvalue weighted by Crippen LogP contribution is -2.10. The number of anilines is 1. The maximum atomic E-state index is 11.1. The summed E-state index contributed by atoms with van der Waals surface area (Å²) >= 11 is 5.67. The Morgan fingerprint density at radius 1 is 1.21 bits per heavy atom. The number of nitrogens with one attached hydrogen (secondary N) is 2. The number of benzene rings is 1. The molecule has 156 valence electrons. The van der Waals surface area contributed by atoms with Gasteiger partial charge < -0.3 is 15.0 Å². The third-order valence-corrected chi connectivity index (χ3v) is 3.57. The molecule has 2 rings (SSSR count). The van der Waals surface area contributed by atoms with Gasteiger partial charge in [0.05, 0.1) is 18.6 Å². The second-order valence-corrected chi connectivity index (χ2v) is 6.68. The Morgan fingerprint density at radius 3 is 2.36 bits per heavy atom. The maximum Gasteiger partial charge on any atom is 0.267 e. The van der Waals surface area contributed by atoms with Crippen molar-refractivity contribution in [3.05, 3.63) is 57.0 Å². The number of nitrogens with zero attached hydrogens (tertiary/aromatic N) is 1. The lowest BCUT2D eigenvalue weighted by Gasteiger charge is -2.08. The lowest BCUT2D eigenvalue weighted by molar-refractivity contribution is 0.271. The summed E-state index contributed by atoms with van der Waals surface area (Å²) in [5.41, 5.74) is 2.49. The van der Waals surface area contributed by atoms with Gasteiger partial charge in [0, 0.05) is 12.2 Å². The first-order valence-corrected chi connectivity index (χ1v) is 10.0. The van der Waals surface area contributed by atoms with Crippen LogP contribution in [-0.2, 0) is 0 Å². The molecule has 6 heteroatoms. The fourth-order valence-electron chi connectivity index (χ4n) is 1.85. The lowest BCUT2D eigenvalue weighted by atomic mass is 10.2. The van der Waals surface area contributed by atoms with Crippen molar-refractivity contribution in [2.75, 3.05) is 18.5 Å². The van der Waals surface area contributed by atoms with Crippen LogP contribution in [0.3, 0.4) is 0 Å². The van der Waals surface area contributed by atoms with E-state index in [1.807, 2.05) is 32.9 Å². The van der Waals surface area contributed by atoms with Crippen LogP contribution in [0.1, 0.15) is 45.9 Å². The number of halogens is 1. The Hall–Kier alpha value is -2.27. The Labute approximate surface area is 174 Å². The van der Waals surface area contributed by atoms with Gasteiger partial charge in [0.15, 0.2) is 0 Å². The van der Waals surface area contributed by atoms with Crippen molar-refractivity contribution in [2.24, 2.45) is 10.9 Å². The van der Waals surface area contributed by atoms with E-state index in [1.165, 1.54) is 5.56 Å². The molecular formula is C22H34ClN3O2. The molecular weight excluding hydrogens is 374 g/mol. The van der Waals surface area contributed by atoms with E-state index < -0.39 is 0 Å². The predicted octanol–water partition coefficient (Wildman–Crippen LogP) is 5.85. The second kappa shape index (κ2) is 14.7. The van der Waals surface area contributed by atoms with E-state index in [-0.39, 0.29) is 10.6 Å². The molecule has 0 fully saturated rings. The largest absolute Gasteiger partial charge is 0.493 e. The summed E-state index contributed by atoms with van der Waals surface area (Å²) < 4.78 is 5.52. The molecule has 5 nitrogen and oxygen atoms in total. The third kappa shape index (κ3) is 10.8. The molecule has 0 spiro atoms. The fraction of sp³-hybridized carbons (Fsp3) is 0.455. The standard InChI is InChI=1S/C11H16O.C9H12ClN3O.C2H6/c1-9(2)8-12-11-6-4-10(3)5-7-11;1-3-11-5-12-8-4-7(10)9(14)13-6(8)2;1-2/h4-7,9H,8H2,1-3H3;4-5H,3H2,1-2H3,(H,11,12)(H,13,14);1-2H3. The summed E-state index contributed by atoms with van der Waals surface area (Å²) in [5, 5.41) is 3.11. The SMILES string of the molecule is CC.CCN=CNc1cc(Cl)c(=O)[nH]c1C.Cc1ccc(OCC(C)C)cc1. The number of pyridine rings is 1. The van der Waals surface area contributed by atoms with Gasteiger partial charge in [-0.05, 0) is 44.9 Å². The summed E-state index contributed by atoms with van der Waals surface area (Å²) in [4.78, 5) is 17.7. The Morgan fingerprint density at radius 2 is 1.82 bits per heavy atom. The molecule has 2 aromatic rings. The topological polar surface area (TPSA) is 66.5 Å². The van der Waals surface area contributed by atoms with Gasteiger partial charge in [-0.3, -0.25) is 9.79 Å². The number of aromatic amines is 1. The van der Waals surface area contributed by atoms with Crippen LogP contribution in [0.5, 0.6) is 5.75 Å². The van der Waals surface area contributed by atoms with Crippen LogP contribution in [-0.4, -0.2) is 24.5 Å². The van der Waals surface area contributed by atoms with Gasteiger partial charge >= 0.3 is 0 Å². The quantitative estimate of drug-likeness (QED) is 0.466. The number of hydrogen-bond donors (Lipinski definition) is 2. The maximum absolute atomic E-state index is 11.1. The van der Waals surface area contributed by atoms with Crippen molar-refractivity contribution in [1.29, 1.82) is 0 Å². The minimum atomic E-state index is -0.276. The Balaban J connectivity index is 0.000000483. The first-order valence-electron chi connectivity index (χ1n) is 9.67. The molecule has 0 saturated carbocycles. The molecule has 2 N–H and O–H groups in total. The Bertz CT molecular complexity index is 753. The van der Waals surface area contributed by atoms with Gasteiger partial charge in [-0.15, -0.1) is 0 Å². The second-order valence-electron chi connectivity index (χ2n) is 6.28. The van der Waals surface area contributed by atoms with Crippen LogP contribution >= 0.6 is 11.6 Å². The molecule has 0 atom stereocenters. The molecule has 1 aromatic carbocycles. The molecule has 1 heterocycles. The van der Waals surface area contributed by atoms with Gasteiger partial charge in [0.2, 0.25) is 0 Å². The zero-order chi connectivity index (χ0) is 21.5. The van der Waals surface area contributed by atoms with E-state index in [2.05, 4.69) is 48.2 Å². The van der Waals surface area contributed by atoms with Crippen LogP contribution in [0, 0.1) is 19.8 Å². The first kappa shape index (κ1) is 25.7. The van der Waals surface area contributed by atoms with Crippen LogP contribution in [0.2, 0.25) is 5.02 Å². The summed E-state index contributed by atoms with van der Waals surface area (Å²) in [5.74, 6) is 1.56. The van der Waals surface area contributed by atoms with Crippen LogP contribution in [0.25, 0.3) is 0 Å². The molecule has 0 unspecified atom stereocenters. The van der Waals surface area contributed by atoms with Crippen LogP contribution in [0.4, 0.5) is 5.69 Å². The van der Waals surface area contributed by atoms with Crippen molar-refractivity contribution >= 4 is 23.6 Å². The summed E-state index contributed by atoms with van der Waals surface area (Å²) in [6, 6.07) is 9.73. The first-order chi connectivity index (χ1) is 13.3. The average Bonchev–Trinajstić information content (AvgIpc) is 2.67. The highest BCUT2D eigenvalue weighted by Crippen LogP contribution is 2.13. The predicted molar refractivity (Wildman–Crippen MR) is 122 cm³/mol. The summed E-state index contributed by atoms with van der Waals surface area (Å²) in [6.07, 6.45) is 1.58. The van der Waals surface area contributed by atoms with E-state index >= 15 is 0 Å². The van der Waals surface area contributed by atoms with Gasteiger partial charge in [0.25, 0.3) is 5.56 Å². The number of rotatable bonds is 6. The van der Waals surface area contributed by atoms with Crippen molar-refractivity contribution < 1.29 is 4.74 Å². The van der Waals surface area contributed by atoms with Crippen molar-refractivity contribution in [3.63, 3.8) is 0 Å². The van der Waals surface area contributed by atoms with Gasteiger partial charge in [-0.25, -0.2) is 0 Å². The number of H-pyrrole nitrogens is 1. The van der Waals surface area contributed by atoms with Gasteiger partial charge in [-0.1, -0.05) is 57.0 Å². The molecule has 0 aliphatic carbocycles. The summed E-state index contributed by atoms with van der Waals surface area (Å²) in [6.45, 7) is 15.6. The Kier molecular flexibility index (Phi) is 13.6. The molecule has 28 heavy (non-hydrogen) atoms. The summed E-state index contributed by atoms with van der Waals surface area (Å²) in [7, 11) is 0. The average molecular weight is 408 g/mol. The number of hydrogen-bond acceptors (Lipinski definition) is 3. The highest BCUT2D eigenvalue weighted by Gasteiger charge is 2.01. The molecule has 1 aromatic heterocycles. The molecule has 0 aliphatic rings. The zero-order valence-electron chi connectivity index (χ0n) is 18.1. The van der Waals surface area contributed by atoms with E-state index in [0.717, 1.165) is 23.7 Å². The number of aliphatic imine (C=N–C) groups is 1. The zero-order valence-corrected chi connectivity index (χ0v) is 18.9. The van der Waals surface area contributed by atoms with E-state index in [1.54, 1.807) is 19.3 Å². The number of aryl methyl sites for hydroxylation is 2. The highest BCUT2D eigenvalue weighted by atomic mass is 35.5. The fourth-order valence-corrected chi connectivity index (χ4v) is 2.01. The molecule has 0 amide bonds. The third-order valence-electron chi connectivity index (χ3n) is 3.29. The van der Waals surface area contributed by atoms with E-state index in [4.69, 9.17) is 16.3 Å². The molecule has 0 aliphatic heterocycles. The van der Waals surface area contributed by atoms with Gasteiger partial charge in [-0.2, -0.15) is 0 Å². The molecule has 0 saturated heterocycles. The van der Waals surface area contributed by atoms with Crippen LogP contribution < -0.4 is 15.6 Å². The minimum absolute atomic E-state index is 0.169. The normalized spacial score (nSPS) is 10.0. The monoisotopic (exact) mass is 407 g/mol. The molecule has 0 bridgehead atoms. The molecule has 0 radical (unpaired) electrons. The van der Waals surface area contributed by atoms with Crippen molar-refractivity contribution in [2.45, 2.75) is 48.5 Å². The minimum Gasteiger partial charge on any atom is -0.493 e. The van der Waals surface area contributed by atoms with Crippen LogP contribution in [0.15, 0.2) is 40.1 Å². The highest BCUT2D eigenvalue weighted by molar-refractivity contribution is 6.30. The number of ether oxygens (including phenoxy) is 1. The van der Waals surface area contributed by atoms with Crippen molar-refractivity contribution in [1.82, 2.24) is 4.98 Å². The van der Waals surface area contributed by atoms with E-state index in [0.29, 0.717) is 12.5 Å². The van der Waals surface area contributed by atoms with Crippen molar-refractivity contribution in [3.8, 4) is 5.75 Å². The smallest absolute Gasteiger partial charge is 0.267 e. The van der Waals surface area contributed by atoms with Gasteiger partial charge in [0.1, 0.15) is 10.8 Å². The number of aromatic nitrogens is 1.